The molecule has 4 rings (SSSR count). The summed E-state index contributed by atoms with van der Waals surface area (Å²) in [5.41, 5.74) is 3.29. The van der Waals surface area contributed by atoms with Crippen LogP contribution in [0.3, 0.4) is 0 Å². The Morgan fingerprint density at radius 1 is 1.26 bits per heavy atom. The lowest BCUT2D eigenvalue weighted by atomic mass is 9.90. The number of aromatic nitrogens is 3. The second-order valence-corrected chi connectivity index (χ2v) is 7.77. The minimum Gasteiger partial charge on any atom is -0.350 e. The highest BCUT2D eigenvalue weighted by Gasteiger charge is 2.41. The summed E-state index contributed by atoms with van der Waals surface area (Å²) in [6.07, 6.45) is 5.51. The molecule has 2 saturated heterocycles. The Morgan fingerprint density at radius 3 is 2.70 bits per heavy atom. The van der Waals surface area contributed by atoms with Crippen LogP contribution in [-0.2, 0) is 13.0 Å². The quantitative estimate of drug-likeness (QED) is 0.842. The molecule has 0 aliphatic carbocycles. The van der Waals surface area contributed by atoms with Crippen molar-refractivity contribution in [1.29, 1.82) is 0 Å². The van der Waals surface area contributed by atoms with Crippen LogP contribution in [0.15, 0.2) is 22.8 Å². The largest absolute Gasteiger partial charge is 0.350 e. The number of nitrogens with zero attached hydrogens (tertiary/aromatic N) is 4. The van der Waals surface area contributed by atoms with Crippen molar-refractivity contribution in [2.24, 2.45) is 5.92 Å². The highest BCUT2D eigenvalue weighted by Crippen LogP contribution is 2.39. The molecule has 0 saturated carbocycles. The third-order valence-electron chi connectivity index (χ3n) is 6.01. The van der Waals surface area contributed by atoms with Crippen molar-refractivity contribution in [3.63, 3.8) is 0 Å². The molecule has 2 aromatic heterocycles. The maximum atomic E-state index is 12.4. The third kappa shape index (κ3) is 3.88. The topological polar surface area (TPSA) is 84.2 Å². The smallest absolute Gasteiger partial charge is 0.269 e. The Labute approximate surface area is 159 Å². The normalized spacial score (nSPS) is 24.9. The first-order valence-electron chi connectivity index (χ1n) is 9.92. The van der Waals surface area contributed by atoms with Crippen molar-refractivity contribution in [3.8, 4) is 0 Å². The maximum Gasteiger partial charge on any atom is 0.269 e. The summed E-state index contributed by atoms with van der Waals surface area (Å²) in [4.78, 5) is 19.4. The first-order valence-corrected chi connectivity index (χ1v) is 9.92. The van der Waals surface area contributed by atoms with Crippen LogP contribution >= 0.6 is 0 Å². The number of carbonyl (C=O) groups is 1. The van der Waals surface area contributed by atoms with Gasteiger partial charge in [-0.25, -0.2) is 9.61 Å². The molecule has 1 amide bonds. The number of piperidine rings is 1. The van der Waals surface area contributed by atoms with Crippen LogP contribution in [0.1, 0.15) is 60.2 Å². The molecule has 0 radical (unpaired) electrons. The van der Waals surface area contributed by atoms with E-state index in [1.165, 1.54) is 12.8 Å². The number of hydrogen-bond acceptors (Lipinski definition) is 6. The maximum absolute atomic E-state index is 12.4. The van der Waals surface area contributed by atoms with E-state index in [9.17, 15) is 4.79 Å². The minimum absolute atomic E-state index is 0.0654. The lowest BCUT2D eigenvalue weighted by Gasteiger charge is -2.38. The van der Waals surface area contributed by atoms with Gasteiger partial charge in [-0.05, 0) is 57.1 Å². The monoisotopic (exact) mass is 369 g/mol. The predicted octanol–water partition coefficient (Wildman–Crippen LogP) is 2.51. The number of amides is 1. The molecule has 0 aromatic carbocycles. The fourth-order valence-corrected chi connectivity index (χ4v) is 4.51. The Hall–Kier alpha value is -2.28. The van der Waals surface area contributed by atoms with E-state index in [1.807, 2.05) is 26.0 Å². The summed E-state index contributed by atoms with van der Waals surface area (Å²) in [7, 11) is 0. The Bertz CT molecular complexity index is 791. The van der Waals surface area contributed by atoms with Gasteiger partial charge in [0.25, 0.3) is 5.91 Å². The van der Waals surface area contributed by atoms with E-state index in [1.54, 1.807) is 6.07 Å². The highest BCUT2D eigenvalue weighted by atomic mass is 16.6. The SMILES string of the molecule is CCc1cccc(C(=O)NCC2C[C@H]3CC[C@@H](C2)N3Cc2nonc2C)n1. The van der Waals surface area contributed by atoms with Gasteiger partial charge in [0.15, 0.2) is 0 Å². The summed E-state index contributed by atoms with van der Waals surface area (Å²) < 4.78 is 4.84. The zero-order valence-electron chi connectivity index (χ0n) is 16.0. The van der Waals surface area contributed by atoms with Crippen molar-refractivity contribution >= 4 is 5.91 Å². The van der Waals surface area contributed by atoms with Crippen molar-refractivity contribution in [2.75, 3.05) is 6.54 Å². The van der Waals surface area contributed by atoms with Gasteiger partial charge in [0.2, 0.25) is 0 Å². The van der Waals surface area contributed by atoms with Gasteiger partial charge in [0.1, 0.15) is 17.1 Å². The van der Waals surface area contributed by atoms with Crippen LogP contribution in [0.4, 0.5) is 0 Å². The van der Waals surface area contributed by atoms with E-state index in [0.29, 0.717) is 23.7 Å². The van der Waals surface area contributed by atoms with E-state index >= 15 is 0 Å². The number of hydrogen-bond donors (Lipinski definition) is 1. The Kier molecular flexibility index (Phi) is 5.20. The van der Waals surface area contributed by atoms with Crippen molar-refractivity contribution < 1.29 is 9.42 Å². The molecule has 1 unspecified atom stereocenters. The molecule has 2 fully saturated rings. The highest BCUT2D eigenvalue weighted by molar-refractivity contribution is 5.92. The first kappa shape index (κ1) is 18.1. The van der Waals surface area contributed by atoms with Crippen molar-refractivity contribution in [2.45, 2.75) is 64.6 Å². The summed E-state index contributed by atoms with van der Waals surface area (Å²) in [5, 5.41) is 11.0. The fourth-order valence-electron chi connectivity index (χ4n) is 4.51. The summed E-state index contributed by atoms with van der Waals surface area (Å²) in [6, 6.07) is 6.76. The number of nitrogens with one attached hydrogen (secondary N) is 1. The van der Waals surface area contributed by atoms with E-state index < -0.39 is 0 Å². The average Bonchev–Trinajstić information content (AvgIpc) is 3.19. The van der Waals surface area contributed by atoms with E-state index in [4.69, 9.17) is 4.63 Å². The molecule has 27 heavy (non-hydrogen) atoms. The molecule has 3 atom stereocenters. The zero-order chi connectivity index (χ0) is 18.8. The second-order valence-electron chi connectivity index (χ2n) is 7.77. The fraction of sp³-hybridized carbons (Fsp3) is 0.600. The zero-order valence-corrected chi connectivity index (χ0v) is 16.0. The summed E-state index contributed by atoms with van der Waals surface area (Å²) in [5.74, 6) is 0.456. The van der Waals surface area contributed by atoms with Crippen LogP contribution in [0.2, 0.25) is 0 Å². The summed E-state index contributed by atoms with van der Waals surface area (Å²) >= 11 is 0. The number of rotatable bonds is 6. The van der Waals surface area contributed by atoms with Gasteiger partial charge in [0.05, 0.1) is 0 Å². The molecule has 2 aliphatic heterocycles. The average molecular weight is 369 g/mol. The second kappa shape index (κ2) is 7.76. The molecule has 7 nitrogen and oxygen atoms in total. The number of aryl methyl sites for hydroxylation is 2. The van der Waals surface area contributed by atoms with E-state index in [0.717, 1.165) is 49.4 Å². The van der Waals surface area contributed by atoms with E-state index in [2.05, 4.69) is 25.5 Å². The lowest BCUT2D eigenvalue weighted by Crippen LogP contribution is -2.45. The van der Waals surface area contributed by atoms with E-state index in [-0.39, 0.29) is 5.91 Å². The van der Waals surface area contributed by atoms with Crippen LogP contribution in [0.25, 0.3) is 0 Å². The molecule has 2 aromatic rings. The van der Waals surface area contributed by atoms with Gasteiger partial charge in [-0.15, -0.1) is 0 Å². The molecule has 0 spiro atoms. The first-order chi connectivity index (χ1) is 13.1. The van der Waals surface area contributed by atoms with Crippen LogP contribution in [-0.4, -0.2) is 44.7 Å². The number of carbonyl (C=O) groups excluding carboxylic acids is 1. The predicted molar refractivity (Wildman–Crippen MR) is 100 cm³/mol. The summed E-state index contributed by atoms with van der Waals surface area (Å²) in [6.45, 7) is 5.53. The van der Waals surface area contributed by atoms with Crippen LogP contribution in [0, 0.1) is 12.8 Å². The molecule has 7 heteroatoms. The molecule has 144 valence electrons. The van der Waals surface area contributed by atoms with Crippen LogP contribution < -0.4 is 5.32 Å². The number of fused-ring (bicyclic) bond motifs is 2. The minimum atomic E-state index is -0.0654. The molecular formula is C20H27N5O2. The molecule has 2 aliphatic rings. The third-order valence-corrected chi connectivity index (χ3v) is 6.01. The van der Waals surface area contributed by atoms with Gasteiger partial charge in [-0.3, -0.25) is 9.69 Å². The molecule has 1 N–H and O–H groups in total. The Balaban J connectivity index is 1.32. The van der Waals surface area contributed by atoms with Gasteiger partial charge < -0.3 is 5.32 Å². The molecule has 2 bridgehead atoms. The van der Waals surface area contributed by atoms with Crippen LogP contribution in [0.5, 0.6) is 0 Å². The standard InChI is InChI=1S/C20H27N5O2/c1-3-15-5-4-6-18(22-15)20(26)21-11-14-9-16-7-8-17(10-14)25(16)12-19-13(2)23-27-24-19/h4-6,14,16-17H,3,7-12H2,1-2H3,(H,21,26)/t14?,16-,17+. The van der Waals surface area contributed by atoms with Crippen molar-refractivity contribution in [3.05, 3.63) is 41.0 Å². The molecule has 4 heterocycles. The Morgan fingerprint density at radius 2 is 2.04 bits per heavy atom. The molecular weight excluding hydrogens is 342 g/mol. The van der Waals surface area contributed by atoms with Gasteiger partial charge in [0, 0.05) is 30.9 Å². The van der Waals surface area contributed by atoms with Gasteiger partial charge in [-0.2, -0.15) is 0 Å². The van der Waals surface area contributed by atoms with Gasteiger partial charge >= 0.3 is 0 Å². The van der Waals surface area contributed by atoms with Crippen molar-refractivity contribution in [1.82, 2.24) is 25.5 Å². The lowest BCUT2D eigenvalue weighted by molar-refractivity contribution is 0.0835. The van der Waals surface area contributed by atoms with Gasteiger partial charge in [-0.1, -0.05) is 23.3 Å². The number of pyridine rings is 1.